The summed E-state index contributed by atoms with van der Waals surface area (Å²) in [6.07, 6.45) is 0. The number of nitrogens with one attached hydrogen (secondary N) is 1. The van der Waals surface area contributed by atoms with Crippen LogP contribution in [0.1, 0.15) is 21.7 Å². The van der Waals surface area contributed by atoms with E-state index in [0.717, 1.165) is 32.5 Å². The number of amides is 1. The zero-order valence-electron chi connectivity index (χ0n) is 16.1. The summed E-state index contributed by atoms with van der Waals surface area (Å²) in [6, 6.07) is 23.4. The lowest BCUT2D eigenvalue weighted by Gasteiger charge is -2.07. The molecule has 0 aliphatic carbocycles. The van der Waals surface area contributed by atoms with Gasteiger partial charge in [0.1, 0.15) is 0 Å². The highest BCUT2D eigenvalue weighted by Crippen LogP contribution is 2.23. The first-order valence-electron chi connectivity index (χ1n) is 9.18. The van der Waals surface area contributed by atoms with Gasteiger partial charge < -0.3 is 5.32 Å². The number of nitrogens with zero attached hydrogens (tertiary/aromatic N) is 3. The average Bonchev–Trinajstić information content (AvgIpc) is 3.17. The van der Waals surface area contributed by atoms with Gasteiger partial charge in [-0.3, -0.25) is 4.79 Å². The first kappa shape index (κ1) is 19.1. The average molecular weight is 447 g/mol. The molecule has 0 saturated heterocycles. The van der Waals surface area contributed by atoms with Crippen molar-refractivity contribution in [2.24, 2.45) is 0 Å². The number of hydrogen-bond donors (Lipinski definition) is 1. The minimum absolute atomic E-state index is 0.118. The molecule has 5 nitrogen and oxygen atoms in total. The summed E-state index contributed by atoms with van der Waals surface area (Å²) in [5, 5.41) is 7.45. The number of benzene rings is 3. The smallest absolute Gasteiger partial charge is 0.295 e. The van der Waals surface area contributed by atoms with Gasteiger partial charge in [-0.05, 0) is 55.3 Å². The van der Waals surface area contributed by atoms with Gasteiger partial charge in [0.05, 0.1) is 5.69 Å². The summed E-state index contributed by atoms with van der Waals surface area (Å²) < 4.78 is 2.66. The molecule has 0 unspecified atom stereocenters. The second kappa shape index (κ2) is 8.01. The third-order valence-electron chi connectivity index (χ3n) is 4.55. The predicted octanol–water partition coefficient (Wildman–Crippen LogP) is 5.57. The first-order chi connectivity index (χ1) is 14.0. The van der Waals surface area contributed by atoms with Crippen LogP contribution < -0.4 is 5.32 Å². The third kappa shape index (κ3) is 4.12. The number of hydrogen-bond acceptors (Lipinski definition) is 3. The van der Waals surface area contributed by atoms with Gasteiger partial charge in [0.2, 0.25) is 5.82 Å². The Labute approximate surface area is 177 Å². The highest BCUT2D eigenvalue weighted by molar-refractivity contribution is 9.10. The van der Waals surface area contributed by atoms with Crippen LogP contribution >= 0.6 is 15.9 Å². The van der Waals surface area contributed by atoms with E-state index in [1.807, 2.05) is 86.6 Å². The summed E-state index contributed by atoms with van der Waals surface area (Å²) >= 11 is 3.45. The van der Waals surface area contributed by atoms with Gasteiger partial charge in [0, 0.05) is 15.7 Å². The lowest BCUT2D eigenvalue weighted by atomic mass is 10.1. The first-order valence-corrected chi connectivity index (χ1v) is 9.97. The van der Waals surface area contributed by atoms with Gasteiger partial charge in [-0.25, -0.2) is 9.67 Å². The van der Waals surface area contributed by atoms with E-state index in [1.54, 1.807) is 4.68 Å². The highest BCUT2D eigenvalue weighted by Gasteiger charge is 2.19. The van der Waals surface area contributed by atoms with E-state index < -0.39 is 0 Å². The van der Waals surface area contributed by atoms with Crippen molar-refractivity contribution in [1.29, 1.82) is 0 Å². The Bertz CT molecular complexity index is 1170. The van der Waals surface area contributed by atoms with Crippen LogP contribution in [0.4, 0.5) is 5.69 Å². The van der Waals surface area contributed by atoms with E-state index in [-0.39, 0.29) is 11.7 Å². The van der Waals surface area contributed by atoms with Crippen LogP contribution in [0.15, 0.2) is 77.3 Å². The van der Waals surface area contributed by atoms with Gasteiger partial charge in [0.25, 0.3) is 5.91 Å². The summed E-state index contributed by atoms with van der Waals surface area (Å²) in [7, 11) is 0. The van der Waals surface area contributed by atoms with E-state index >= 15 is 0 Å². The van der Waals surface area contributed by atoms with Crippen molar-refractivity contribution in [2.45, 2.75) is 13.8 Å². The quantitative estimate of drug-likeness (QED) is 0.445. The number of aryl methyl sites for hydroxylation is 2. The molecule has 4 aromatic rings. The predicted molar refractivity (Wildman–Crippen MR) is 118 cm³/mol. The SMILES string of the molecule is Cc1ccc(C)c(NC(=O)c2nc(-c3ccccc3)n(-c3ccc(Br)cc3)n2)c1. The molecule has 0 aliphatic heterocycles. The maximum absolute atomic E-state index is 12.9. The summed E-state index contributed by atoms with van der Waals surface area (Å²) in [5.41, 5.74) is 4.53. The monoisotopic (exact) mass is 446 g/mol. The summed E-state index contributed by atoms with van der Waals surface area (Å²) in [4.78, 5) is 17.5. The number of rotatable bonds is 4. The van der Waals surface area contributed by atoms with Crippen LogP contribution in [0.3, 0.4) is 0 Å². The molecule has 144 valence electrons. The zero-order valence-corrected chi connectivity index (χ0v) is 17.6. The van der Waals surface area contributed by atoms with Crippen LogP contribution in [0.2, 0.25) is 0 Å². The molecule has 0 radical (unpaired) electrons. The molecular formula is C23H19BrN4O. The number of aromatic nitrogens is 3. The minimum atomic E-state index is -0.341. The van der Waals surface area contributed by atoms with Gasteiger partial charge in [-0.2, -0.15) is 0 Å². The molecule has 1 amide bonds. The molecule has 6 heteroatoms. The van der Waals surface area contributed by atoms with Crippen molar-refractivity contribution in [3.8, 4) is 17.1 Å². The Balaban J connectivity index is 1.75. The van der Waals surface area contributed by atoms with Crippen LogP contribution in [0.25, 0.3) is 17.1 Å². The maximum Gasteiger partial charge on any atom is 0.295 e. The molecule has 1 heterocycles. The molecule has 4 rings (SSSR count). The van der Waals surface area contributed by atoms with Gasteiger partial charge >= 0.3 is 0 Å². The van der Waals surface area contributed by atoms with Crippen molar-refractivity contribution in [3.05, 3.63) is 94.2 Å². The Morgan fingerprint density at radius 2 is 1.69 bits per heavy atom. The van der Waals surface area contributed by atoms with Crippen molar-refractivity contribution in [2.75, 3.05) is 5.32 Å². The van der Waals surface area contributed by atoms with E-state index in [4.69, 9.17) is 0 Å². The Morgan fingerprint density at radius 1 is 0.966 bits per heavy atom. The second-order valence-corrected chi connectivity index (χ2v) is 7.70. The summed E-state index contributed by atoms with van der Waals surface area (Å²) in [5.74, 6) is 0.387. The Morgan fingerprint density at radius 3 is 2.41 bits per heavy atom. The Hall–Kier alpha value is -3.25. The van der Waals surface area contributed by atoms with Gasteiger partial charge in [-0.1, -0.05) is 58.4 Å². The molecule has 0 saturated carbocycles. The lowest BCUT2D eigenvalue weighted by Crippen LogP contribution is -2.15. The molecule has 1 aromatic heterocycles. The standard InChI is InChI=1S/C23H19BrN4O/c1-15-8-9-16(2)20(14-15)25-23(29)21-26-22(17-6-4-3-5-7-17)28(27-21)19-12-10-18(24)11-13-19/h3-14H,1-2H3,(H,25,29). The number of carbonyl (C=O) groups excluding carboxylic acids is 1. The van der Waals surface area contributed by atoms with Crippen molar-refractivity contribution < 1.29 is 4.79 Å². The van der Waals surface area contributed by atoms with Crippen LogP contribution in [-0.4, -0.2) is 20.7 Å². The lowest BCUT2D eigenvalue weighted by molar-refractivity contribution is 0.101. The molecule has 0 fully saturated rings. The second-order valence-electron chi connectivity index (χ2n) is 6.79. The normalized spacial score (nSPS) is 10.7. The number of carbonyl (C=O) groups is 1. The number of anilines is 1. The molecular weight excluding hydrogens is 428 g/mol. The third-order valence-corrected chi connectivity index (χ3v) is 5.08. The molecule has 0 atom stereocenters. The van der Waals surface area contributed by atoms with Crippen LogP contribution in [0.5, 0.6) is 0 Å². The van der Waals surface area contributed by atoms with Crippen LogP contribution in [0, 0.1) is 13.8 Å². The van der Waals surface area contributed by atoms with Crippen molar-refractivity contribution in [3.63, 3.8) is 0 Å². The fourth-order valence-corrected chi connectivity index (χ4v) is 3.26. The van der Waals surface area contributed by atoms with Crippen LogP contribution in [-0.2, 0) is 0 Å². The molecule has 1 N–H and O–H groups in total. The largest absolute Gasteiger partial charge is 0.319 e. The molecule has 29 heavy (non-hydrogen) atoms. The zero-order chi connectivity index (χ0) is 20.4. The van der Waals surface area contributed by atoms with E-state index in [2.05, 4.69) is 31.3 Å². The maximum atomic E-state index is 12.9. The van der Waals surface area contributed by atoms with E-state index in [9.17, 15) is 4.79 Å². The molecule has 3 aromatic carbocycles. The van der Waals surface area contributed by atoms with E-state index in [0.29, 0.717) is 5.82 Å². The van der Waals surface area contributed by atoms with Crippen molar-refractivity contribution >= 4 is 27.5 Å². The fraction of sp³-hybridized carbons (Fsp3) is 0.0870. The van der Waals surface area contributed by atoms with Crippen molar-refractivity contribution in [1.82, 2.24) is 14.8 Å². The minimum Gasteiger partial charge on any atom is -0.319 e. The fourth-order valence-electron chi connectivity index (χ4n) is 2.99. The Kier molecular flexibility index (Phi) is 5.27. The molecule has 0 bridgehead atoms. The summed E-state index contributed by atoms with van der Waals surface area (Å²) in [6.45, 7) is 3.95. The van der Waals surface area contributed by atoms with Gasteiger partial charge in [0.15, 0.2) is 5.82 Å². The highest BCUT2D eigenvalue weighted by atomic mass is 79.9. The van der Waals surface area contributed by atoms with Gasteiger partial charge in [-0.15, -0.1) is 5.10 Å². The molecule has 0 spiro atoms. The topological polar surface area (TPSA) is 59.8 Å². The number of halogens is 1. The van der Waals surface area contributed by atoms with E-state index in [1.165, 1.54) is 0 Å². The molecule has 0 aliphatic rings.